The zero-order valence-corrected chi connectivity index (χ0v) is 16.7. The van der Waals surface area contributed by atoms with Gasteiger partial charge in [-0.1, -0.05) is 24.3 Å². The lowest BCUT2D eigenvalue weighted by Crippen LogP contribution is -2.38. The van der Waals surface area contributed by atoms with Crippen LogP contribution >= 0.6 is 0 Å². The summed E-state index contributed by atoms with van der Waals surface area (Å²) in [5.41, 5.74) is 1.65. The Bertz CT molecular complexity index is 991. The van der Waals surface area contributed by atoms with Crippen LogP contribution in [-0.2, 0) is 16.1 Å². The van der Waals surface area contributed by atoms with Crippen molar-refractivity contribution in [3.8, 4) is 0 Å². The highest BCUT2D eigenvalue weighted by Gasteiger charge is 2.35. The monoisotopic (exact) mass is 406 g/mol. The number of benzene rings is 2. The Morgan fingerprint density at radius 3 is 2.23 bits per heavy atom. The number of hydrogen-bond donors (Lipinski definition) is 0. The molecule has 4 rings (SSSR count). The minimum absolute atomic E-state index is 0.0513. The average molecular weight is 406 g/mol. The van der Waals surface area contributed by atoms with Gasteiger partial charge in [0, 0.05) is 13.1 Å². The van der Waals surface area contributed by atoms with Crippen molar-refractivity contribution in [3.05, 3.63) is 70.8 Å². The second-order valence-corrected chi connectivity index (χ2v) is 7.52. The van der Waals surface area contributed by atoms with Crippen molar-refractivity contribution >= 4 is 23.7 Å². The van der Waals surface area contributed by atoms with Crippen molar-refractivity contribution in [2.45, 2.75) is 32.4 Å². The predicted molar refractivity (Wildman–Crippen MR) is 108 cm³/mol. The molecule has 0 unspecified atom stereocenters. The molecule has 154 valence electrons. The Kier molecular flexibility index (Phi) is 5.35. The number of ether oxygens (including phenoxy) is 1. The van der Waals surface area contributed by atoms with Gasteiger partial charge in [-0.3, -0.25) is 19.3 Å². The summed E-state index contributed by atoms with van der Waals surface area (Å²) in [5, 5.41) is 0. The summed E-state index contributed by atoms with van der Waals surface area (Å²) in [6, 6.07) is 13.3. The molecule has 1 fully saturated rings. The van der Waals surface area contributed by atoms with Crippen LogP contribution in [0.3, 0.4) is 0 Å². The van der Waals surface area contributed by atoms with Crippen molar-refractivity contribution in [1.29, 1.82) is 0 Å². The number of fused-ring (bicyclic) bond motifs is 1. The molecule has 0 N–H and O–H groups in total. The fourth-order valence-corrected chi connectivity index (χ4v) is 3.84. The summed E-state index contributed by atoms with van der Waals surface area (Å²) >= 11 is 0. The maximum Gasteiger partial charge on any atom is 0.338 e. The first-order chi connectivity index (χ1) is 14.5. The molecule has 2 aromatic carbocycles. The molecule has 30 heavy (non-hydrogen) atoms. The Balaban J connectivity index is 1.44. The van der Waals surface area contributed by atoms with Crippen molar-refractivity contribution in [3.63, 3.8) is 0 Å². The molecule has 2 aliphatic heterocycles. The van der Waals surface area contributed by atoms with Crippen molar-refractivity contribution in [2.75, 3.05) is 13.1 Å². The maximum absolute atomic E-state index is 12.5. The van der Waals surface area contributed by atoms with Crippen molar-refractivity contribution in [1.82, 2.24) is 9.80 Å². The van der Waals surface area contributed by atoms with Crippen LogP contribution in [0.2, 0.25) is 0 Å². The highest BCUT2D eigenvalue weighted by molar-refractivity contribution is 6.21. The maximum atomic E-state index is 12.5. The Morgan fingerprint density at radius 1 is 0.967 bits per heavy atom. The van der Waals surface area contributed by atoms with Crippen molar-refractivity contribution in [2.24, 2.45) is 0 Å². The molecule has 0 spiro atoms. The highest BCUT2D eigenvalue weighted by Crippen LogP contribution is 2.24. The molecule has 7 heteroatoms. The van der Waals surface area contributed by atoms with Gasteiger partial charge in [0.2, 0.25) is 0 Å². The first-order valence-corrected chi connectivity index (χ1v) is 9.99. The summed E-state index contributed by atoms with van der Waals surface area (Å²) in [7, 11) is 0. The molecule has 0 aliphatic carbocycles. The molecular weight excluding hydrogens is 384 g/mol. The van der Waals surface area contributed by atoms with Crippen LogP contribution in [0.15, 0.2) is 48.5 Å². The topological polar surface area (TPSA) is 84.0 Å². The average Bonchev–Trinajstić information content (AvgIpc) is 3.37. The lowest BCUT2D eigenvalue weighted by atomic mass is 10.1. The number of esters is 1. The summed E-state index contributed by atoms with van der Waals surface area (Å²) in [5.74, 6) is -1.51. The third-order valence-corrected chi connectivity index (χ3v) is 5.43. The molecule has 2 heterocycles. The number of amides is 3. The Hall–Kier alpha value is -3.48. The second kappa shape index (κ2) is 8.10. The highest BCUT2D eigenvalue weighted by atomic mass is 16.5. The summed E-state index contributed by atoms with van der Waals surface area (Å²) in [6.45, 7) is 3.00. The van der Waals surface area contributed by atoms with E-state index in [4.69, 9.17) is 4.74 Å². The van der Waals surface area contributed by atoms with E-state index in [1.807, 2.05) is 0 Å². The van der Waals surface area contributed by atoms with Gasteiger partial charge in [-0.25, -0.2) is 4.79 Å². The van der Waals surface area contributed by atoms with E-state index in [1.54, 1.807) is 60.4 Å². The molecule has 2 aliphatic rings. The normalized spacial score (nSPS) is 16.6. The van der Waals surface area contributed by atoms with Gasteiger partial charge < -0.3 is 9.64 Å². The number of carbonyl (C=O) groups excluding carboxylic acids is 4. The van der Waals surface area contributed by atoms with Gasteiger partial charge in [-0.15, -0.1) is 0 Å². The lowest BCUT2D eigenvalue weighted by Gasteiger charge is -2.20. The minimum Gasteiger partial charge on any atom is -0.449 e. The molecule has 3 amide bonds. The fraction of sp³-hybridized carbons (Fsp3) is 0.304. The third kappa shape index (κ3) is 3.70. The van der Waals surface area contributed by atoms with E-state index in [0.717, 1.165) is 17.7 Å². The van der Waals surface area contributed by atoms with E-state index in [-0.39, 0.29) is 29.8 Å². The third-order valence-electron chi connectivity index (χ3n) is 5.43. The Labute approximate surface area is 174 Å². The van der Waals surface area contributed by atoms with E-state index in [0.29, 0.717) is 29.8 Å². The molecule has 0 bridgehead atoms. The standard InChI is InChI=1S/C23H22N2O5/c1-15(20(26)24-11-4-5-12-24)30-23(29)17-8-6-7-16(13-17)14-25-21(27)18-9-2-3-10-19(18)22(25)28/h2-3,6-10,13,15H,4-5,11-12,14H2,1H3/t15-/m0/s1. The summed E-state index contributed by atoms with van der Waals surface area (Å²) < 4.78 is 5.35. The van der Waals surface area contributed by atoms with Gasteiger partial charge in [0.05, 0.1) is 23.2 Å². The van der Waals surface area contributed by atoms with Crippen LogP contribution in [0.25, 0.3) is 0 Å². The van der Waals surface area contributed by atoms with Crippen LogP contribution in [0.1, 0.15) is 56.4 Å². The molecule has 7 nitrogen and oxygen atoms in total. The van der Waals surface area contributed by atoms with Gasteiger partial charge >= 0.3 is 5.97 Å². The molecule has 0 radical (unpaired) electrons. The first-order valence-electron chi connectivity index (χ1n) is 9.99. The van der Waals surface area contributed by atoms with Gasteiger partial charge in [-0.2, -0.15) is 0 Å². The molecule has 0 saturated carbocycles. The van der Waals surface area contributed by atoms with Gasteiger partial charge in [0.1, 0.15) is 0 Å². The van der Waals surface area contributed by atoms with Gasteiger partial charge in [0.15, 0.2) is 6.10 Å². The number of carbonyl (C=O) groups is 4. The SMILES string of the molecule is C[C@H](OC(=O)c1cccc(CN2C(=O)c3ccccc3C2=O)c1)C(=O)N1CCCC1. The number of imide groups is 1. The predicted octanol–water partition coefficient (Wildman–Crippen LogP) is 2.65. The van der Waals surface area contributed by atoms with E-state index in [9.17, 15) is 19.2 Å². The van der Waals surface area contributed by atoms with Crippen LogP contribution in [0.4, 0.5) is 0 Å². The summed E-state index contributed by atoms with van der Waals surface area (Å²) in [4.78, 5) is 52.8. The quantitative estimate of drug-likeness (QED) is 0.563. The van der Waals surface area contributed by atoms with E-state index >= 15 is 0 Å². The van der Waals surface area contributed by atoms with Crippen LogP contribution in [-0.4, -0.2) is 52.7 Å². The first kappa shape index (κ1) is 19.8. The second-order valence-electron chi connectivity index (χ2n) is 7.52. The molecule has 1 saturated heterocycles. The smallest absolute Gasteiger partial charge is 0.338 e. The van der Waals surface area contributed by atoms with Crippen LogP contribution in [0, 0.1) is 0 Å². The fourth-order valence-electron chi connectivity index (χ4n) is 3.84. The number of hydrogen-bond acceptors (Lipinski definition) is 5. The van der Waals surface area contributed by atoms with Crippen LogP contribution in [0.5, 0.6) is 0 Å². The number of rotatable bonds is 5. The largest absolute Gasteiger partial charge is 0.449 e. The molecule has 0 aromatic heterocycles. The minimum atomic E-state index is -0.865. The molecule has 2 aromatic rings. The molecule has 1 atom stereocenters. The molecular formula is C23H22N2O5. The van der Waals surface area contributed by atoms with Gasteiger partial charge in [0.25, 0.3) is 17.7 Å². The lowest BCUT2D eigenvalue weighted by molar-refractivity contribution is -0.138. The zero-order valence-electron chi connectivity index (χ0n) is 16.7. The van der Waals surface area contributed by atoms with E-state index in [2.05, 4.69) is 0 Å². The summed E-state index contributed by atoms with van der Waals surface area (Å²) in [6.07, 6.45) is 1.06. The van der Waals surface area contributed by atoms with Crippen LogP contribution < -0.4 is 0 Å². The number of nitrogens with zero attached hydrogens (tertiary/aromatic N) is 2. The zero-order chi connectivity index (χ0) is 21.3. The van der Waals surface area contributed by atoms with E-state index in [1.165, 1.54) is 0 Å². The van der Waals surface area contributed by atoms with Gasteiger partial charge in [-0.05, 0) is 49.6 Å². The number of likely N-dealkylation sites (tertiary alicyclic amines) is 1. The van der Waals surface area contributed by atoms with Crippen molar-refractivity contribution < 1.29 is 23.9 Å². The Morgan fingerprint density at radius 2 is 1.60 bits per heavy atom. The van der Waals surface area contributed by atoms with E-state index < -0.39 is 12.1 Å².